The van der Waals surface area contributed by atoms with Gasteiger partial charge in [-0.2, -0.15) is 5.10 Å². The highest BCUT2D eigenvalue weighted by Gasteiger charge is 2.21. The molecule has 0 bridgehead atoms. The third-order valence-electron chi connectivity index (χ3n) is 5.49. The lowest BCUT2D eigenvalue weighted by atomic mass is 9.98. The number of anilines is 1. The Morgan fingerprint density at radius 1 is 1.10 bits per heavy atom. The van der Waals surface area contributed by atoms with E-state index in [2.05, 4.69) is 38.2 Å². The first-order chi connectivity index (χ1) is 14.8. The smallest absolute Gasteiger partial charge is 0.132 e. The molecule has 0 spiro atoms. The summed E-state index contributed by atoms with van der Waals surface area (Å²) in [5, 5.41) is 4.43. The predicted molar refractivity (Wildman–Crippen MR) is 114 cm³/mol. The van der Waals surface area contributed by atoms with Gasteiger partial charge in [0.1, 0.15) is 12.1 Å². The Morgan fingerprint density at radius 2 is 2.00 bits per heavy atom. The van der Waals surface area contributed by atoms with Crippen molar-refractivity contribution in [2.45, 2.75) is 13.1 Å². The minimum Gasteiger partial charge on any atom is -0.383 e. The zero-order valence-electron chi connectivity index (χ0n) is 17.0. The summed E-state index contributed by atoms with van der Waals surface area (Å²) in [6.07, 6.45) is 5.57. The van der Waals surface area contributed by atoms with Crippen LogP contribution in [0.2, 0.25) is 0 Å². The molecule has 1 saturated heterocycles. The molecule has 2 aliphatic heterocycles. The minimum atomic E-state index is 0.640. The molecule has 0 unspecified atom stereocenters. The van der Waals surface area contributed by atoms with Crippen LogP contribution in [-0.4, -0.2) is 65.5 Å². The Labute approximate surface area is 175 Å². The molecule has 8 heteroatoms. The van der Waals surface area contributed by atoms with Gasteiger partial charge in [-0.15, -0.1) is 0 Å². The molecular formula is C22H24N6O2. The van der Waals surface area contributed by atoms with Crippen LogP contribution in [0, 0.1) is 0 Å². The summed E-state index contributed by atoms with van der Waals surface area (Å²) in [5.41, 5.74) is 6.33. The number of nitrogens with zero attached hydrogens (tertiary/aromatic N) is 6. The van der Waals surface area contributed by atoms with E-state index >= 15 is 0 Å². The molecule has 0 atom stereocenters. The van der Waals surface area contributed by atoms with Gasteiger partial charge in [0.15, 0.2) is 0 Å². The third-order valence-corrected chi connectivity index (χ3v) is 5.49. The van der Waals surface area contributed by atoms with Crippen LogP contribution < -0.4 is 4.90 Å². The van der Waals surface area contributed by atoms with E-state index in [0.29, 0.717) is 13.2 Å². The molecule has 0 aliphatic carbocycles. The molecule has 0 N–H and O–H groups in total. The Bertz CT molecular complexity index is 1070. The van der Waals surface area contributed by atoms with Crippen molar-refractivity contribution < 1.29 is 9.47 Å². The SMILES string of the molecule is COCCn1cc(-c2ccc3c(c2)C(c2cc(N4CCOCC4)ncn2)=NC3)cn1. The summed E-state index contributed by atoms with van der Waals surface area (Å²) < 4.78 is 12.5. The molecule has 2 aliphatic rings. The van der Waals surface area contributed by atoms with E-state index in [1.54, 1.807) is 13.4 Å². The number of fused-ring (bicyclic) bond motifs is 1. The number of rotatable bonds is 6. The van der Waals surface area contributed by atoms with Crippen LogP contribution in [0.1, 0.15) is 16.8 Å². The lowest BCUT2D eigenvalue weighted by molar-refractivity contribution is 0.122. The van der Waals surface area contributed by atoms with Crippen molar-refractivity contribution >= 4 is 11.5 Å². The van der Waals surface area contributed by atoms with E-state index in [-0.39, 0.29) is 0 Å². The first kappa shape index (κ1) is 18.9. The van der Waals surface area contributed by atoms with Crippen molar-refractivity contribution in [1.29, 1.82) is 0 Å². The van der Waals surface area contributed by atoms with Crippen LogP contribution in [-0.2, 0) is 22.6 Å². The zero-order chi connectivity index (χ0) is 20.3. The molecule has 154 valence electrons. The van der Waals surface area contributed by atoms with Crippen LogP contribution >= 0.6 is 0 Å². The fraction of sp³-hybridized carbons (Fsp3) is 0.364. The number of methoxy groups -OCH3 is 1. The molecule has 0 radical (unpaired) electrons. The van der Waals surface area contributed by atoms with Crippen LogP contribution in [0.15, 0.2) is 48.0 Å². The van der Waals surface area contributed by atoms with E-state index in [1.165, 1.54) is 5.56 Å². The maximum Gasteiger partial charge on any atom is 0.132 e. The monoisotopic (exact) mass is 404 g/mol. The third kappa shape index (κ3) is 3.71. The molecule has 1 aromatic carbocycles. The number of hydrogen-bond donors (Lipinski definition) is 0. The van der Waals surface area contributed by atoms with Gasteiger partial charge in [0.2, 0.25) is 0 Å². The van der Waals surface area contributed by atoms with E-state index in [1.807, 2.05) is 23.1 Å². The fourth-order valence-electron chi connectivity index (χ4n) is 3.84. The first-order valence-electron chi connectivity index (χ1n) is 10.2. The Kier molecular flexibility index (Phi) is 5.25. The molecular weight excluding hydrogens is 380 g/mol. The Hall–Kier alpha value is -3.10. The van der Waals surface area contributed by atoms with Crippen LogP contribution in [0.3, 0.4) is 0 Å². The number of aliphatic imine (C=N–C) groups is 1. The van der Waals surface area contributed by atoms with Gasteiger partial charge >= 0.3 is 0 Å². The highest BCUT2D eigenvalue weighted by atomic mass is 16.5. The number of benzene rings is 1. The number of aromatic nitrogens is 4. The van der Waals surface area contributed by atoms with Gasteiger partial charge < -0.3 is 14.4 Å². The van der Waals surface area contributed by atoms with E-state index in [9.17, 15) is 0 Å². The minimum absolute atomic E-state index is 0.640. The molecule has 0 amide bonds. The largest absolute Gasteiger partial charge is 0.383 e. The van der Waals surface area contributed by atoms with Gasteiger partial charge in [-0.05, 0) is 17.2 Å². The second kappa shape index (κ2) is 8.33. The predicted octanol–water partition coefficient (Wildman–Crippen LogP) is 2.17. The normalized spacial score (nSPS) is 15.9. The average Bonchev–Trinajstić information content (AvgIpc) is 3.45. The van der Waals surface area contributed by atoms with Gasteiger partial charge in [0.05, 0.1) is 50.5 Å². The summed E-state index contributed by atoms with van der Waals surface area (Å²) >= 11 is 0. The maximum atomic E-state index is 5.45. The van der Waals surface area contributed by atoms with E-state index in [0.717, 1.165) is 66.8 Å². The van der Waals surface area contributed by atoms with Gasteiger partial charge in [0, 0.05) is 43.6 Å². The van der Waals surface area contributed by atoms with Gasteiger partial charge in [-0.1, -0.05) is 12.1 Å². The molecule has 5 rings (SSSR count). The second-order valence-electron chi connectivity index (χ2n) is 7.38. The maximum absolute atomic E-state index is 5.45. The summed E-state index contributed by atoms with van der Waals surface area (Å²) in [6, 6.07) is 8.51. The van der Waals surface area contributed by atoms with Crippen molar-refractivity contribution in [3.8, 4) is 11.1 Å². The molecule has 1 fully saturated rings. The van der Waals surface area contributed by atoms with Crippen molar-refractivity contribution in [2.24, 2.45) is 4.99 Å². The molecule has 30 heavy (non-hydrogen) atoms. The Balaban J connectivity index is 1.43. The van der Waals surface area contributed by atoms with Crippen molar-refractivity contribution in [1.82, 2.24) is 19.7 Å². The molecule has 0 saturated carbocycles. The molecule has 3 aromatic rings. The van der Waals surface area contributed by atoms with Crippen molar-refractivity contribution in [2.75, 3.05) is 44.9 Å². The van der Waals surface area contributed by atoms with Crippen LogP contribution in [0.5, 0.6) is 0 Å². The van der Waals surface area contributed by atoms with Gasteiger partial charge in [-0.25, -0.2) is 9.97 Å². The highest BCUT2D eigenvalue weighted by Crippen LogP contribution is 2.29. The lowest BCUT2D eigenvalue weighted by Crippen LogP contribution is -2.36. The van der Waals surface area contributed by atoms with Crippen LogP contribution in [0.4, 0.5) is 5.82 Å². The lowest BCUT2D eigenvalue weighted by Gasteiger charge is -2.27. The highest BCUT2D eigenvalue weighted by molar-refractivity contribution is 6.14. The van der Waals surface area contributed by atoms with Crippen molar-refractivity contribution in [3.05, 3.63) is 59.8 Å². The Morgan fingerprint density at radius 3 is 2.87 bits per heavy atom. The number of ether oxygens (including phenoxy) is 2. The average molecular weight is 404 g/mol. The van der Waals surface area contributed by atoms with E-state index in [4.69, 9.17) is 14.5 Å². The topological polar surface area (TPSA) is 77.7 Å². The van der Waals surface area contributed by atoms with Crippen LogP contribution in [0.25, 0.3) is 11.1 Å². The standard InChI is InChI=1S/C22H24N6O2/c1-29-7-6-28-14-18(13-26-28)16-2-3-17-12-23-22(19(17)10-16)20-11-21(25-15-24-20)27-4-8-30-9-5-27/h2-3,10-11,13-15H,4-9,12H2,1H3. The molecule has 2 aromatic heterocycles. The summed E-state index contributed by atoms with van der Waals surface area (Å²) in [4.78, 5) is 16.0. The summed E-state index contributed by atoms with van der Waals surface area (Å²) in [7, 11) is 1.70. The second-order valence-corrected chi connectivity index (χ2v) is 7.38. The fourth-order valence-corrected chi connectivity index (χ4v) is 3.84. The molecule has 8 nitrogen and oxygen atoms in total. The van der Waals surface area contributed by atoms with Gasteiger partial charge in [0.25, 0.3) is 0 Å². The van der Waals surface area contributed by atoms with E-state index < -0.39 is 0 Å². The first-order valence-corrected chi connectivity index (χ1v) is 10.2. The summed E-state index contributed by atoms with van der Waals surface area (Å²) in [5.74, 6) is 0.926. The zero-order valence-corrected chi connectivity index (χ0v) is 17.0. The molecule has 4 heterocycles. The summed E-state index contributed by atoms with van der Waals surface area (Å²) in [6.45, 7) is 5.19. The van der Waals surface area contributed by atoms with Crippen molar-refractivity contribution in [3.63, 3.8) is 0 Å². The number of hydrogen-bond acceptors (Lipinski definition) is 7. The quantitative estimate of drug-likeness (QED) is 0.627. The number of morpholine rings is 1. The van der Waals surface area contributed by atoms with Gasteiger partial charge in [-0.3, -0.25) is 9.67 Å².